The van der Waals surface area contributed by atoms with Gasteiger partial charge in [0.1, 0.15) is 11.5 Å². The van der Waals surface area contributed by atoms with Crippen molar-refractivity contribution < 1.29 is 13.7 Å². The van der Waals surface area contributed by atoms with Crippen molar-refractivity contribution in [2.75, 3.05) is 5.32 Å². The molecule has 0 saturated carbocycles. The Balaban J connectivity index is 1.62. The second-order valence-corrected chi connectivity index (χ2v) is 7.55. The molecule has 0 fully saturated rings. The molecule has 0 bridgehead atoms. The summed E-state index contributed by atoms with van der Waals surface area (Å²) in [5, 5.41) is 7.61. The summed E-state index contributed by atoms with van der Waals surface area (Å²) in [7, 11) is 0. The van der Waals surface area contributed by atoms with Crippen LogP contribution in [-0.2, 0) is 11.2 Å². The van der Waals surface area contributed by atoms with Gasteiger partial charge in [-0.25, -0.2) is 4.39 Å². The molecular formula is C24H19ClFN3O2. The Morgan fingerprint density at radius 2 is 1.90 bits per heavy atom. The zero-order chi connectivity index (χ0) is 21.8. The molecule has 2 heterocycles. The van der Waals surface area contributed by atoms with E-state index in [0.29, 0.717) is 33.8 Å². The normalized spacial score (nSPS) is 10.8. The number of benzene rings is 2. The molecule has 1 amide bonds. The van der Waals surface area contributed by atoms with Crippen LogP contribution in [0.4, 0.5) is 10.3 Å². The first-order valence-electron chi connectivity index (χ1n) is 9.72. The minimum atomic E-state index is -0.299. The average Bonchev–Trinajstić information content (AvgIpc) is 3.18. The summed E-state index contributed by atoms with van der Waals surface area (Å²) >= 11 is 6.01. The van der Waals surface area contributed by atoms with Crippen LogP contribution in [-0.4, -0.2) is 16.0 Å². The molecule has 156 valence electrons. The molecule has 7 heteroatoms. The highest BCUT2D eigenvalue weighted by Crippen LogP contribution is 2.38. The number of nitrogens with zero attached hydrogens (tertiary/aromatic N) is 2. The lowest BCUT2D eigenvalue weighted by molar-refractivity contribution is -0.116. The quantitative estimate of drug-likeness (QED) is 0.398. The van der Waals surface area contributed by atoms with Crippen molar-refractivity contribution in [3.63, 3.8) is 0 Å². The van der Waals surface area contributed by atoms with Crippen molar-refractivity contribution in [3.8, 4) is 22.4 Å². The van der Waals surface area contributed by atoms with Crippen LogP contribution in [0.3, 0.4) is 0 Å². The van der Waals surface area contributed by atoms with E-state index in [0.717, 1.165) is 11.1 Å². The van der Waals surface area contributed by atoms with Gasteiger partial charge in [0.15, 0.2) is 0 Å². The molecule has 2 aromatic carbocycles. The second kappa shape index (κ2) is 9.10. The van der Waals surface area contributed by atoms with E-state index < -0.39 is 0 Å². The highest BCUT2D eigenvalue weighted by atomic mass is 35.5. The van der Waals surface area contributed by atoms with Gasteiger partial charge in [0.2, 0.25) is 11.8 Å². The van der Waals surface area contributed by atoms with Gasteiger partial charge in [0.05, 0.1) is 5.56 Å². The number of carbonyl (C=O) groups is 1. The van der Waals surface area contributed by atoms with Crippen LogP contribution in [0.15, 0.2) is 71.5 Å². The zero-order valence-electron chi connectivity index (χ0n) is 16.7. The fraction of sp³-hybridized carbons (Fsp3) is 0.125. The molecule has 2 aromatic heterocycles. The largest absolute Gasteiger partial charge is 0.337 e. The number of rotatable bonds is 6. The van der Waals surface area contributed by atoms with Crippen molar-refractivity contribution in [1.82, 2.24) is 10.1 Å². The predicted octanol–water partition coefficient (Wildman–Crippen LogP) is 6.08. The molecule has 0 atom stereocenters. The molecule has 5 nitrogen and oxygen atoms in total. The summed E-state index contributed by atoms with van der Waals surface area (Å²) in [4.78, 5) is 16.7. The van der Waals surface area contributed by atoms with E-state index >= 15 is 0 Å². The molecule has 0 spiro atoms. The van der Waals surface area contributed by atoms with Crippen LogP contribution >= 0.6 is 11.6 Å². The van der Waals surface area contributed by atoms with Crippen LogP contribution in [0.25, 0.3) is 22.4 Å². The molecule has 0 aliphatic rings. The number of carbonyl (C=O) groups excluding carboxylic acids is 1. The summed E-state index contributed by atoms with van der Waals surface area (Å²) in [5.41, 5.74) is 4.06. The number of aromatic nitrogens is 2. The van der Waals surface area contributed by atoms with E-state index in [1.807, 2.05) is 18.2 Å². The summed E-state index contributed by atoms with van der Waals surface area (Å²) in [6.07, 6.45) is 4.08. The molecule has 4 aromatic rings. The first kappa shape index (κ1) is 20.8. The Hall–Kier alpha value is -3.51. The van der Waals surface area contributed by atoms with E-state index in [1.165, 1.54) is 6.07 Å². The number of anilines is 1. The number of halogens is 2. The van der Waals surface area contributed by atoms with Crippen LogP contribution in [0.1, 0.15) is 17.5 Å². The third kappa shape index (κ3) is 4.81. The average molecular weight is 436 g/mol. The number of aryl methyl sites for hydroxylation is 2. The maximum atomic E-state index is 13.7. The predicted molar refractivity (Wildman–Crippen MR) is 118 cm³/mol. The second-order valence-electron chi connectivity index (χ2n) is 7.11. The number of hydrogen-bond acceptors (Lipinski definition) is 4. The van der Waals surface area contributed by atoms with E-state index in [-0.39, 0.29) is 24.0 Å². The van der Waals surface area contributed by atoms with E-state index in [4.69, 9.17) is 16.1 Å². The van der Waals surface area contributed by atoms with Crippen molar-refractivity contribution in [3.05, 3.63) is 89.0 Å². The highest BCUT2D eigenvalue weighted by molar-refractivity contribution is 6.30. The molecular weight excluding hydrogens is 417 g/mol. The van der Waals surface area contributed by atoms with E-state index in [9.17, 15) is 9.18 Å². The Kier molecular flexibility index (Phi) is 6.09. The minimum absolute atomic E-state index is 0.215. The Labute approximate surface area is 183 Å². The Morgan fingerprint density at radius 3 is 2.65 bits per heavy atom. The third-order valence-corrected chi connectivity index (χ3v) is 5.11. The fourth-order valence-electron chi connectivity index (χ4n) is 3.29. The third-order valence-electron chi connectivity index (χ3n) is 4.88. The maximum Gasteiger partial charge on any atom is 0.239 e. The first-order chi connectivity index (χ1) is 15.0. The van der Waals surface area contributed by atoms with Gasteiger partial charge in [0.25, 0.3) is 0 Å². The van der Waals surface area contributed by atoms with Crippen LogP contribution in [0.2, 0.25) is 5.02 Å². The molecule has 0 unspecified atom stereocenters. The Bertz CT molecular complexity index is 1220. The Morgan fingerprint density at radius 1 is 1.10 bits per heavy atom. The molecule has 0 aliphatic heterocycles. The molecule has 4 rings (SSSR count). The molecule has 0 saturated heterocycles. The monoisotopic (exact) mass is 435 g/mol. The van der Waals surface area contributed by atoms with Gasteiger partial charge in [-0.1, -0.05) is 28.9 Å². The van der Waals surface area contributed by atoms with Gasteiger partial charge in [-0.15, -0.1) is 0 Å². The molecule has 31 heavy (non-hydrogen) atoms. The molecule has 1 N–H and O–H groups in total. The number of amides is 1. The molecule has 0 radical (unpaired) electrons. The number of pyridine rings is 1. The summed E-state index contributed by atoms with van der Waals surface area (Å²) < 4.78 is 19.2. The minimum Gasteiger partial charge on any atom is -0.337 e. The van der Waals surface area contributed by atoms with Gasteiger partial charge < -0.3 is 4.52 Å². The van der Waals surface area contributed by atoms with Gasteiger partial charge in [-0.2, -0.15) is 0 Å². The van der Waals surface area contributed by atoms with Crippen LogP contribution in [0, 0.1) is 12.7 Å². The van der Waals surface area contributed by atoms with E-state index in [2.05, 4.69) is 15.5 Å². The van der Waals surface area contributed by atoms with Crippen molar-refractivity contribution >= 4 is 23.4 Å². The maximum absolute atomic E-state index is 13.7. The van der Waals surface area contributed by atoms with Crippen molar-refractivity contribution in [1.29, 1.82) is 0 Å². The number of hydrogen-bond donors (Lipinski definition) is 1. The first-order valence-corrected chi connectivity index (χ1v) is 10.1. The van der Waals surface area contributed by atoms with Crippen LogP contribution < -0.4 is 5.32 Å². The SMILES string of the molecule is Cc1cc(-c2noc(NC(=O)CCc3cccc(Cl)c3)c2-c2ccncc2)ccc1F. The standard InChI is InChI=1S/C24H19ClFN3O2/c1-15-13-18(6-7-20(15)26)23-22(17-9-11-27-12-10-17)24(31-29-23)28-21(30)8-5-16-3-2-4-19(25)14-16/h2-4,6-7,9-14H,5,8H2,1H3,(H,28,30). The smallest absolute Gasteiger partial charge is 0.239 e. The van der Waals surface area contributed by atoms with Crippen molar-refractivity contribution in [2.24, 2.45) is 0 Å². The lowest BCUT2D eigenvalue weighted by Gasteiger charge is -2.07. The fourth-order valence-corrected chi connectivity index (χ4v) is 3.50. The summed E-state index contributed by atoms with van der Waals surface area (Å²) in [6, 6.07) is 15.7. The topological polar surface area (TPSA) is 68.0 Å². The van der Waals surface area contributed by atoms with Gasteiger partial charge in [-0.3, -0.25) is 15.1 Å². The van der Waals surface area contributed by atoms with E-state index in [1.54, 1.807) is 49.6 Å². The van der Waals surface area contributed by atoms with Gasteiger partial charge in [0, 0.05) is 29.4 Å². The van der Waals surface area contributed by atoms with Crippen molar-refractivity contribution in [2.45, 2.75) is 19.8 Å². The lowest BCUT2D eigenvalue weighted by Crippen LogP contribution is -2.12. The summed E-state index contributed by atoms with van der Waals surface area (Å²) in [6.45, 7) is 1.68. The molecule has 0 aliphatic carbocycles. The van der Waals surface area contributed by atoms with Gasteiger partial charge >= 0.3 is 0 Å². The number of nitrogens with one attached hydrogen (secondary N) is 1. The zero-order valence-corrected chi connectivity index (χ0v) is 17.5. The van der Waals surface area contributed by atoms with Crippen LogP contribution in [0.5, 0.6) is 0 Å². The highest BCUT2D eigenvalue weighted by Gasteiger charge is 2.21. The lowest BCUT2D eigenvalue weighted by atomic mass is 10.0. The van der Waals surface area contributed by atoms with Gasteiger partial charge in [-0.05, 0) is 72.5 Å². The summed E-state index contributed by atoms with van der Waals surface area (Å²) in [5.74, 6) is -0.278.